The monoisotopic (exact) mass is 324 g/mol. The van der Waals surface area contributed by atoms with Crippen LogP contribution >= 0.6 is 27.3 Å². The summed E-state index contributed by atoms with van der Waals surface area (Å²) < 4.78 is 1.14. The number of benzene rings is 1. The van der Waals surface area contributed by atoms with Crippen LogP contribution in [0.4, 0.5) is 0 Å². The van der Waals surface area contributed by atoms with Crippen LogP contribution in [0, 0.1) is 13.8 Å². The van der Waals surface area contributed by atoms with Crippen molar-refractivity contribution >= 4 is 27.3 Å². The molecule has 0 aliphatic rings. The first-order valence-electron chi connectivity index (χ1n) is 5.87. The Hall–Kier alpha value is -0.680. The molecule has 18 heavy (non-hydrogen) atoms. The average Bonchev–Trinajstić information content (AvgIpc) is 2.71. The van der Waals surface area contributed by atoms with Gasteiger partial charge >= 0.3 is 0 Å². The third-order valence-electron chi connectivity index (χ3n) is 2.86. The number of hydrazine groups is 1. The Balaban J connectivity index is 2.20. The Kier molecular flexibility index (Phi) is 4.56. The van der Waals surface area contributed by atoms with Gasteiger partial charge in [0, 0.05) is 4.88 Å². The molecule has 1 aromatic heterocycles. The van der Waals surface area contributed by atoms with E-state index in [1.54, 1.807) is 11.3 Å². The summed E-state index contributed by atoms with van der Waals surface area (Å²) in [5.74, 6) is 5.68. The largest absolute Gasteiger partial charge is 0.271 e. The van der Waals surface area contributed by atoms with Crippen molar-refractivity contribution in [3.63, 3.8) is 0 Å². The number of thiophene rings is 1. The van der Waals surface area contributed by atoms with Crippen molar-refractivity contribution < 1.29 is 0 Å². The minimum atomic E-state index is 0.169. The maximum absolute atomic E-state index is 5.68. The first-order valence-corrected chi connectivity index (χ1v) is 7.48. The van der Waals surface area contributed by atoms with Crippen molar-refractivity contribution in [2.24, 2.45) is 5.84 Å². The van der Waals surface area contributed by atoms with Crippen LogP contribution in [0.3, 0.4) is 0 Å². The molecule has 0 radical (unpaired) electrons. The van der Waals surface area contributed by atoms with Crippen molar-refractivity contribution in [1.29, 1.82) is 0 Å². The number of aryl methyl sites for hydroxylation is 2. The zero-order chi connectivity index (χ0) is 13.1. The van der Waals surface area contributed by atoms with Crippen molar-refractivity contribution in [3.05, 3.63) is 55.7 Å². The highest BCUT2D eigenvalue weighted by atomic mass is 79.9. The Bertz CT molecular complexity index is 516. The van der Waals surface area contributed by atoms with Crippen molar-refractivity contribution in [2.45, 2.75) is 26.3 Å². The normalized spacial score (nSPS) is 12.7. The van der Waals surface area contributed by atoms with E-state index in [1.165, 1.54) is 21.6 Å². The molecule has 4 heteroatoms. The van der Waals surface area contributed by atoms with E-state index >= 15 is 0 Å². The molecule has 0 fully saturated rings. The highest BCUT2D eigenvalue weighted by Gasteiger charge is 2.13. The van der Waals surface area contributed by atoms with Gasteiger partial charge in [0.1, 0.15) is 0 Å². The van der Waals surface area contributed by atoms with Gasteiger partial charge in [-0.05, 0) is 53.9 Å². The second kappa shape index (κ2) is 5.97. The van der Waals surface area contributed by atoms with Gasteiger partial charge in [-0.15, -0.1) is 11.3 Å². The average molecular weight is 325 g/mol. The van der Waals surface area contributed by atoms with Crippen LogP contribution in [-0.2, 0) is 6.42 Å². The molecule has 2 aromatic rings. The molecule has 1 atom stereocenters. The molecule has 0 saturated carbocycles. The van der Waals surface area contributed by atoms with Crippen LogP contribution in [0.2, 0.25) is 0 Å². The van der Waals surface area contributed by atoms with Crippen LogP contribution in [-0.4, -0.2) is 0 Å². The van der Waals surface area contributed by atoms with Gasteiger partial charge in [0.25, 0.3) is 0 Å². The zero-order valence-electron chi connectivity index (χ0n) is 10.5. The molecule has 96 valence electrons. The highest BCUT2D eigenvalue weighted by molar-refractivity contribution is 9.11. The van der Waals surface area contributed by atoms with Gasteiger partial charge in [-0.25, -0.2) is 0 Å². The van der Waals surface area contributed by atoms with E-state index in [0.717, 1.165) is 10.2 Å². The molecule has 0 aliphatic heterocycles. The maximum atomic E-state index is 5.68. The van der Waals surface area contributed by atoms with Crippen molar-refractivity contribution in [2.75, 3.05) is 0 Å². The van der Waals surface area contributed by atoms with Crippen LogP contribution < -0.4 is 11.3 Å². The van der Waals surface area contributed by atoms with E-state index in [0.29, 0.717) is 0 Å². The molecule has 1 unspecified atom stereocenters. The molecule has 1 aromatic carbocycles. The van der Waals surface area contributed by atoms with Crippen molar-refractivity contribution in [1.82, 2.24) is 5.43 Å². The number of hydrogen-bond donors (Lipinski definition) is 2. The molecular weight excluding hydrogens is 308 g/mol. The summed E-state index contributed by atoms with van der Waals surface area (Å²) in [5, 5.41) is 0. The van der Waals surface area contributed by atoms with E-state index in [4.69, 9.17) is 5.84 Å². The SMILES string of the molecule is Cc1cc(C)cc(CC(NN)c2ccc(Br)s2)c1. The highest BCUT2D eigenvalue weighted by Crippen LogP contribution is 2.29. The van der Waals surface area contributed by atoms with Gasteiger partial charge in [-0.1, -0.05) is 29.3 Å². The Morgan fingerprint density at radius 1 is 1.22 bits per heavy atom. The minimum absolute atomic E-state index is 0.169. The fraction of sp³-hybridized carbons (Fsp3) is 0.286. The smallest absolute Gasteiger partial charge is 0.0702 e. The minimum Gasteiger partial charge on any atom is -0.271 e. The number of hydrogen-bond acceptors (Lipinski definition) is 3. The Morgan fingerprint density at radius 3 is 2.39 bits per heavy atom. The van der Waals surface area contributed by atoms with Gasteiger partial charge < -0.3 is 0 Å². The van der Waals surface area contributed by atoms with Crippen LogP contribution in [0.15, 0.2) is 34.1 Å². The molecule has 0 aliphatic carbocycles. The predicted octanol–water partition coefficient (Wildman–Crippen LogP) is 3.87. The number of nitrogens with two attached hydrogens (primary N) is 1. The summed E-state index contributed by atoms with van der Waals surface area (Å²) in [6.07, 6.45) is 0.909. The Labute approximate surface area is 120 Å². The van der Waals surface area contributed by atoms with E-state index < -0.39 is 0 Å². The molecule has 0 bridgehead atoms. The summed E-state index contributed by atoms with van der Waals surface area (Å²) in [4.78, 5) is 1.25. The summed E-state index contributed by atoms with van der Waals surface area (Å²) >= 11 is 5.21. The zero-order valence-corrected chi connectivity index (χ0v) is 12.9. The molecule has 0 spiro atoms. The second-order valence-corrected chi connectivity index (χ2v) is 7.06. The molecule has 2 rings (SSSR count). The lowest BCUT2D eigenvalue weighted by atomic mass is 10.0. The van der Waals surface area contributed by atoms with Crippen LogP contribution in [0.25, 0.3) is 0 Å². The fourth-order valence-corrected chi connectivity index (χ4v) is 3.66. The number of rotatable bonds is 4. The number of nitrogens with one attached hydrogen (secondary N) is 1. The lowest BCUT2D eigenvalue weighted by molar-refractivity contribution is 0.560. The summed E-state index contributed by atoms with van der Waals surface area (Å²) in [6, 6.07) is 11.0. The topological polar surface area (TPSA) is 38.0 Å². The first kappa shape index (κ1) is 13.7. The molecule has 2 nitrogen and oxygen atoms in total. The second-order valence-electron chi connectivity index (χ2n) is 4.56. The van der Waals surface area contributed by atoms with Crippen LogP contribution in [0.1, 0.15) is 27.6 Å². The third kappa shape index (κ3) is 3.42. The van der Waals surface area contributed by atoms with E-state index in [-0.39, 0.29) is 6.04 Å². The van der Waals surface area contributed by atoms with Gasteiger partial charge in [-0.3, -0.25) is 11.3 Å². The molecule has 0 amide bonds. The van der Waals surface area contributed by atoms with Gasteiger partial charge in [0.05, 0.1) is 9.83 Å². The molecular formula is C14H17BrN2S. The predicted molar refractivity (Wildman–Crippen MR) is 81.7 cm³/mol. The summed E-state index contributed by atoms with van der Waals surface area (Å²) in [7, 11) is 0. The number of halogens is 1. The lowest BCUT2D eigenvalue weighted by Gasteiger charge is -2.15. The van der Waals surface area contributed by atoms with E-state index in [2.05, 4.69) is 65.5 Å². The van der Waals surface area contributed by atoms with Crippen LogP contribution in [0.5, 0.6) is 0 Å². The van der Waals surface area contributed by atoms with Gasteiger partial charge in [0.15, 0.2) is 0 Å². The maximum Gasteiger partial charge on any atom is 0.0702 e. The standard InChI is InChI=1S/C14H17BrN2S/c1-9-5-10(2)7-11(6-9)8-12(17-16)13-3-4-14(15)18-13/h3-7,12,17H,8,16H2,1-2H3. The van der Waals surface area contributed by atoms with Gasteiger partial charge in [-0.2, -0.15) is 0 Å². The van der Waals surface area contributed by atoms with Gasteiger partial charge in [0.2, 0.25) is 0 Å². The molecule has 3 N–H and O–H groups in total. The quantitative estimate of drug-likeness (QED) is 0.661. The lowest BCUT2D eigenvalue weighted by Crippen LogP contribution is -2.29. The summed E-state index contributed by atoms with van der Waals surface area (Å²) in [6.45, 7) is 4.26. The molecule has 1 heterocycles. The van der Waals surface area contributed by atoms with E-state index in [1.807, 2.05) is 0 Å². The van der Waals surface area contributed by atoms with E-state index in [9.17, 15) is 0 Å². The fourth-order valence-electron chi connectivity index (χ4n) is 2.18. The molecule has 0 saturated heterocycles. The Morgan fingerprint density at radius 2 is 1.89 bits per heavy atom. The summed E-state index contributed by atoms with van der Waals surface area (Å²) in [5.41, 5.74) is 6.83. The van der Waals surface area contributed by atoms with Crippen molar-refractivity contribution in [3.8, 4) is 0 Å². The third-order valence-corrected chi connectivity index (χ3v) is 4.60. The first-order chi connectivity index (χ1) is 8.58.